The second-order valence-corrected chi connectivity index (χ2v) is 17.8. The number of hydrogen-bond acceptors (Lipinski definition) is 6. The Balaban J connectivity index is 1.20. The standard InChI is InChI=1S/C42H65F9N2O4/c1-37(2,18-9-7-8-10-25-54-6)20-21-52(4)22-26-55-31-12-14-32-30(29-31)11-13-34-33(32)17-19-38(3)35(34)15-16-36(38)56-27-23-53(5)24-28-57-39(40(43,44)45,41(46,47)48)42(49,50)51/h12,14,29,33-36H,7-11,13,15-28H2,1-6H3. The van der Waals surface area contributed by atoms with Crippen molar-refractivity contribution in [3.05, 3.63) is 29.3 Å². The van der Waals surface area contributed by atoms with E-state index in [1.54, 1.807) is 7.11 Å². The minimum Gasteiger partial charge on any atom is -0.492 e. The summed E-state index contributed by atoms with van der Waals surface area (Å²) in [6.07, 6.45) is -7.21. The zero-order valence-corrected chi connectivity index (χ0v) is 34.6. The second-order valence-electron chi connectivity index (χ2n) is 17.8. The molecule has 5 atom stereocenters. The van der Waals surface area contributed by atoms with Gasteiger partial charge in [0, 0.05) is 33.4 Å². The van der Waals surface area contributed by atoms with Crippen LogP contribution >= 0.6 is 0 Å². The molecule has 3 aliphatic carbocycles. The number of likely N-dealkylation sites (N-methyl/N-ethyl adjacent to an activating group) is 2. The lowest BCUT2D eigenvalue weighted by Gasteiger charge is -2.50. The molecule has 1 aromatic rings. The molecule has 330 valence electrons. The van der Waals surface area contributed by atoms with Crippen LogP contribution in [-0.4, -0.2) is 114 Å². The van der Waals surface area contributed by atoms with Gasteiger partial charge in [-0.1, -0.05) is 46.1 Å². The summed E-state index contributed by atoms with van der Waals surface area (Å²) in [6, 6.07) is 6.56. The largest absolute Gasteiger partial charge is 0.492 e. The molecule has 57 heavy (non-hydrogen) atoms. The second kappa shape index (κ2) is 19.7. The highest BCUT2D eigenvalue weighted by molar-refractivity contribution is 5.40. The van der Waals surface area contributed by atoms with Crippen molar-refractivity contribution < 1.29 is 58.5 Å². The number of methoxy groups -OCH3 is 1. The molecule has 0 aliphatic heterocycles. The van der Waals surface area contributed by atoms with Gasteiger partial charge in [-0.3, -0.25) is 0 Å². The molecule has 15 heteroatoms. The van der Waals surface area contributed by atoms with Crippen LogP contribution in [0.15, 0.2) is 18.2 Å². The Morgan fingerprint density at radius 2 is 1.35 bits per heavy atom. The fourth-order valence-corrected chi connectivity index (χ4v) is 9.67. The molecule has 4 rings (SSSR count). The Kier molecular flexibility index (Phi) is 16.6. The Hall–Kier alpha value is -1.81. The van der Waals surface area contributed by atoms with E-state index >= 15 is 0 Å². The van der Waals surface area contributed by atoms with Crippen molar-refractivity contribution in [3.8, 4) is 5.75 Å². The molecular formula is C42H65F9N2O4. The first kappa shape index (κ1) is 47.9. The van der Waals surface area contributed by atoms with Gasteiger partial charge in [0.2, 0.25) is 0 Å². The van der Waals surface area contributed by atoms with Crippen molar-refractivity contribution in [1.82, 2.24) is 9.80 Å². The molecule has 1 aromatic carbocycles. The quantitative estimate of drug-likeness (QED) is 0.0857. The van der Waals surface area contributed by atoms with Crippen LogP contribution in [0, 0.1) is 22.7 Å². The monoisotopic (exact) mass is 832 g/mol. The van der Waals surface area contributed by atoms with E-state index < -0.39 is 37.3 Å². The van der Waals surface area contributed by atoms with E-state index in [-0.39, 0.29) is 24.7 Å². The van der Waals surface area contributed by atoms with Crippen molar-refractivity contribution in [1.29, 1.82) is 0 Å². The van der Waals surface area contributed by atoms with Crippen LogP contribution in [0.3, 0.4) is 0 Å². The molecular weight excluding hydrogens is 767 g/mol. The average molecular weight is 833 g/mol. The van der Waals surface area contributed by atoms with E-state index in [4.69, 9.17) is 14.2 Å². The van der Waals surface area contributed by atoms with Gasteiger partial charge in [-0.2, -0.15) is 39.5 Å². The third-order valence-corrected chi connectivity index (χ3v) is 13.3. The van der Waals surface area contributed by atoms with E-state index in [9.17, 15) is 39.5 Å². The van der Waals surface area contributed by atoms with Gasteiger partial charge in [-0.15, -0.1) is 0 Å². The van der Waals surface area contributed by atoms with Gasteiger partial charge in [-0.25, -0.2) is 0 Å². The first-order valence-electron chi connectivity index (χ1n) is 20.6. The number of aryl methyl sites for hydroxylation is 1. The highest BCUT2D eigenvalue weighted by Crippen LogP contribution is 2.62. The summed E-state index contributed by atoms with van der Waals surface area (Å²) < 4.78 is 140. The van der Waals surface area contributed by atoms with Crippen LogP contribution in [0.2, 0.25) is 0 Å². The topological polar surface area (TPSA) is 43.4 Å². The zero-order valence-electron chi connectivity index (χ0n) is 34.6. The zero-order chi connectivity index (χ0) is 42.3. The summed E-state index contributed by atoms with van der Waals surface area (Å²) >= 11 is 0. The first-order chi connectivity index (χ1) is 26.6. The average Bonchev–Trinajstić information content (AvgIpc) is 3.44. The van der Waals surface area contributed by atoms with Crippen molar-refractivity contribution in [3.63, 3.8) is 0 Å². The number of hydrogen-bond donors (Lipinski definition) is 0. The summed E-state index contributed by atoms with van der Waals surface area (Å²) in [4.78, 5) is 3.66. The maximum atomic E-state index is 13.2. The fraction of sp³-hybridized carbons (Fsp3) is 0.857. The lowest BCUT2D eigenvalue weighted by molar-refractivity contribution is -0.457. The van der Waals surface area contributed by atoms with Gasteiger partial charge in [0.15, 0.2) is 0 Å². The van der Waals surface area contributed by atoms with Crippen molar-refractivity contribution in [2.24, 2.45) is 22.7 Å². The summed E-state index contributed by atoms with van der Waals surface area (Å²) in [5.41, 5.74) is -3.28. The third-order valence-electron chi connectivity index (χ3n) is 13.3. The minimum atomic E-state index is -6.74. The first-order valence-corrected chi connectivity index (χ1v) is 20.6. The van der Waals surface area contributed by atoms with Gasteiger partial charge in [0.25, 0.3) is 0 Å². The highest BCUT2D eigenvalue weighted by Gasteiger charge is 2.85. The molecule has 0 spiro atoms. The lowest BCUT2D eigenvalue weighted by atomic mass is 9.55. The molecule has 3 aliphatic rings. The predicted octanol–water partition coefficient (Wildman–Crippen LogP) is 10.6. The number of benzene rings is 1. The van der Waals surface area contributed by atoms with Gasteiger partial charge < -0.3 is 28.7 Å². The maximum absolute atomic E-state index is 13.2. The summed E-state index contributed by atoms with van der Waals surface area (Å²) in [7, 11) is 5.30. The molecule has 0 heterocycles. The molecule has 0 saturated heterocycles. The molecule has 2 saturated carbocycles. The smallest absolute Gasteiger partial charge is 0.435 e. The summed E-state index contributed by atoms with van der Waals surface area (Å²) in [6.45, 7) is 8.56. The number of rotatable bonds is 22. The predicted molar refractivity (Wildman–Crippen MR) is 201 cm³/mol. The number of nitrogens with zero attached hydrogens (tertiary/aromatic N) is 2. The number of unbranched alkanes of at least 4 members (excludes halogenated alkanes) is 3. The molecule has 2 fully saturated rings. The number of alkyl halides is 9. The van der Waals surface area contributed by atoms with Crippen LogP contribution in [0.1, 0.15) is 108 Å². The molecule has 6 nitrogen and oxygen atoms in total. The van der Waals surface area contributed by atoms with Gasteiger partial charge in [0.1, 0.15) is 12.4 Å². The molecule has 0 N–H and O–H groups in total. The Morgan fingerprint density at radius 1 is 0.719 bits per heavy atom. The van der Waals surface area contributed by atoms with Crippen LogP contribution in [0.5, 0.6) is 5.75 Å². The third kappa shape index (κ3) is 11.7. The van der Waals surface area contributed by atoms with Gasteiger partial charge in [-0.05, 0) is 130 Å². The molecule has 0 aromatic heterocycles. The van der Waals surface area contributed by atoms with Gasteiger partial charge in [0.05, 0.1) is 19.3 Å². The number of ether oxygens (including phenoxy) is 4. The van der Waals surface area contributed by atoms with Crippen molar-refractivity contribution >= 4 is 0 Å². The summed E-state index contributed by atoms with van der Waals surface area (Å²) in [5.74, 6) is 2.29. The van der Waals surface area contributed by atoms with Crippen molar-refractivity contribution in [2.45, 2.75) is 134 Å². The Bertz CT molecular complexity index is 1350. The Labute approximate surface area is 333 Å². The lowest BCUT2D eigenvalue weighted by Crippen LogP contribution is -2.68. The summed E-state index contributed by atoms with van der Waals surface area (Å²) in [5, 5.41) is 0. The van der Waals surface area contributed by atoms with E-state index in [2.05, 4.69) is 55.7 Å². The Morgan fingerprint density at radius 3 is 2.02 bits per heavy atom. The fourth-order valence-electron chi connectivity index (χ4n) is 9.67. The van der Waals surface area contributed by atoms with Crippen LogP contribution < -0.4 is 4.74 Å². The van der Waals surface area contributed by atoms with Crippen LogP contribution in [0.4, 0.5) is 39.5 Å². The molecule has 0 amide bonds. The highest BCUT2D eigenvalue weighted by atomic mass is 19.4. The maximum Gasteiger partial charge on any atom is 0.435 e. The number of fused-ring (bicyclic) bond motifs is 5. The van der Waals surface area contributed by atoms with E-state index in [1.807, 2.05) is 0 Å². The van der Waals surface area contributed by atoms with Crippen LogP contribution in [-0.2, 0) is 20.6 Å². The molecule has 0 radical (unpaired) electrons. The van der Waals surface area contributed by atoms with E-state index in [0.29, 0.717) is 29.8 Å². The SMILES string of the molecule is COCCCCCCC(C)(C)CCN(C)CCOc1ccc2c(c1)CCC1C2CCC2(C)C(OCCN(C)CCOC(C(F)(F)F)(C(F)(F)F)C(F)(F)F)CCC12. The normalized spacial score (nSPS) is 24.5. The molecule has 5 unspecified atom stereocenters. The van der Waals surface area contributed by atoms with E-state index in [0.717, 1.165) is 76.8 Å². The van der Waals surface area contributed by atoms with Crippen LogP contribution in [0.25, 0.3) is 0 Å². The minimum absolute atomic E-state index is 0.0703. The number of halogens is 9. The molecule has 0 bridgehead atoms. The van der Waals surface area contributed by atoms with Crippen molar-refractivity contribution in [2.75, 3.05) is 73.8 Å². The van der Waals surface area contributed by atoms with E-state index in [1.165, 1.54) is 48.8 Å². The van der Waals surface area contributed by atoms with Gasteiger partial charge >= 0.3 is 24.1 Å².